The number of ether oxygens (including phenoxy) is 1. The second kappa shape index (κ2) is 6.05. The van der Waals surface area contributed by atoms with Crippen molar-refractivity contribution in [3.05, 3.63) is 23.7 Å². The minimum Gasteiger partial charge on any atom is -0.463 e. The van der Waals surface area contributed by atoms with E-state index < -0.39 is 12.1 Å². The highest BCUT2D eigenvalue weighted by atomic mass is 16.5. The monoisotopic (exact) mass is 254 g/mol. The van der Waals surface area contributed by atoms with Gasteiger partial charge in [0.25, 0.3) is 0 Å². The van der Waals surface area contributed by atoms with Crippen molar-refractivity contribution in [2.45, 2.75) is 52.1 Å². The van der Waals surface area contributed by atoms with E-state index >= 15 is 0 Å². The van der Waals surface area contributed by atoms with Crippen molar-refractivity contribution < 1.29 is 19.1 Å². The molecule has 0 radical (unpaired) electrons. The topological polar surface area (TPSA) is 59.7 Å². The van der Waals surface area contributed by atoms with Gasteiger partial charge in [-0.3, -0.25) is 0 Å². The zero-order chi connectivity index (χ0) is 13.8. The van der Waals surface area contributed by atoms with Crippen LogP contribution in [-0.2, 0) is 14.9 Å². The van der Waals surface area contributed by atoms with E-state index in [1.165, 1.54) is 0 Å². The van der Waals surface area contributed by atoms with Gasteiger partial charge in [0, 0.05) is 5.41 Å². The summed E-state index contributed by atoms with van der Waals surface area (Å²) in [5.41, 5.74) is -0.149. The first-order chi connectivity index (χ1) is 8.36. The smallest absolute Gasteiger partial charge is 0.342 e. The number of unbranched alkanes of at least 4 members (excludes halogenated alkanes) is 1. The van der Waals surface area contributed by atoms with Crippen molar-refractivity contribution in [2.75, 3.05) is 6.61 Å². The molecule has 0 spiro atoms. The van der Waals surface area contributed by atoms with Crippen LogP contribution >= 0.6 is 0 Å². The van der Waals surface area contributed by atoms with E-state index in [-0.39, 0.29) is 11.2 Å². The number of hydrogen-bond acceptors (Lipinski definition) is 4. The van der Waals surface area contributed by atoms with Crippen molar-refractivity contribution in [3.63, 3.8) is 0 Å². The molecule has 18 heavy (non-hydrogen) atoms. The van der Waals surface area contributed by atoms with Crippen LogP contribution in [0.25, 0.3) is 0 Å². The summed E-state index contributed by atoms with van der Waals surface area (Å²) in [6.45, 7) is 8.34. The minimum absolute atomic E-state index is 0.149. The Hall–Kier alpha value is -1.29. The molecule has 4 nitrogen and oxygen atoms in total. The molecule has 0 amide bonds. The van der Waals surface area contributed by atoms with Crippen molar-refractivity contribution in [2.24, 2.45) is 0 Å². The molecule has 1 N–H and O–H groups in total. The van der Waals surface area contributed by atoms with Gasteiger partial charge >= 0.3 is 5.97 Å². The van der Waals surface area contributed by atoms with Gasteiger partial charge in [-0.25, -0.2) is 4.79 Å². The lowest BCUT2D eigenvalue weighted by Crippen LogP contribution is -2.16. The third-order valence-electron chi connectivity index (χ3n) is 2.60. The van der Waals surface area contributed by atoms with Crippen LogP contribution in [-0.4, -0.2) is 17.7 Å². The zero-order valence-electron chi connectivity index (χ0n) is 11.5. The fraction of sp³-hybridized carbons (Fsp3) is 0.643. The molecule has 0 aliphatic carbocycles. The Morgan fingerprint density at radius 3 is 2.61 bits per heavy atom. The van der Waals surface area contributed by atoms with Gasteiger partial charge < -0.3 is 14.3 Å². The Morgan fingerprint density at radius 1 is 1.44 bits per heavy atom. The SMILES string of the molecule is CCCCOC(=O)[C@@H](O)c1ccc(C(C)(C)C)o1. The number of aliphatic hydroxyl groups is 1. The van der Waals surface area contributed by atoms with Crippen LogP contribution in [0, 0.1) is 0 Å². The molecule has 0 saturated heterocycles. The first-order valence-electron chi connectivity index (χ1n) is 6.31. The van der Waals surface area contributed by atoms with Crippen LogP contribution in [0.2, 0.25) is 0 Å². The van der Waals surface area contributed by atoms with E-state index in [2.05, 4.69) is 0 Å². The van der Waals surface area contributed by atoms with Gasteiger partial charge in [0.1, 0.15) is 11.5 Å². The zero-order valence-corrected chi connectivity index (χ0v) is 11.5. The minimum atomic E-state index is -1.34. The molecular weight excluding hydrogens is 232 g/mol. The molecule has 1 atom stereocenters. The molecule has 0 saturated carbocycles. The van der Waals surface area contributed by atoms with Crippen molar-refractivity contribution >= 4 is 5.97 Å². The van der Waals surface area contributed by atoms with Crippen LogP contribution in [0.1, 0.15) is 58.2 Å². The van der Waals surface area contributed by atoms with Gasteiger partial charge in [0.15, 0.2) is 0 Å². The molecule has 0 aliphatic rings. The largest absolute Gasteiger partial charge is 0.463 e. The van der Waals surface area contributed by atoms with Crippen molar-refractivity contribution in [3.8, 4) is 0 Å². The molecular formula is C14H22O4. The predicted octanol–water partition coefficient (Wildman–Crippen LogP) is 2.95. The maximum atomic E-state index is 11.5. The summed E-state index contributed by atoms with van der Waals surface area (Å²) in [6, 6.07) is 3.39. The van der Waals surface area contributed by atoms with Crippen LogP contribution in [0.4, 0.5) is 0 Å². The molecule has 1 aromatic rings. The number of carbonyl (C=O) groups is 1. The molecule has 1 heterocycles. The lowest BCUT2D eigenvalue weighted by molar-refractivity contribution is -0.155. The van der Waals surface area contributed by atoms with E-state index in [1.54, 1.807) is 12.1 Å². The summed E-state index contributed by atoms with van der Waals surface area (Å²) in [7, 11) is 0. The molecule has 1 aromatic heterocycles. The molecule has 0 aliphatic heterocycles. The summed E-state index contributed by atoms with van der Waals surface area (Å²) in [6.07, 6.45) is 0.403. The Labute approximate surface area is 108 Å². The maximum Gasteiger partial charge on any atom is 0.342 e. The van der Waals surface area contributed by atoms with Gasteiger partial charge in [-0.1, -0.05) is 34.1 Å². The van der Waals surface area contributed by atoms with E-state index in [4.69, 9.17) is 9.15 Å². The lowest BCUT2D eigenvalue weighted by Gasteiger charge is -2.14. The van der Waals surface area contributed by atoms with Gasteiger partial charge in [0.05, 0.1) is 6.61 Å². The van der Waals surface area contributed by atoms with E-state index in [0.717, 1.165) is 18.6 Å². The molecule has 0 fully saturated rings. The van der Waals surface area contributed by atoms with Gasteiger partial charge in [-0.15, -0.1) is 0 Å². The van der Waals surface area contributed by atoms with Crippen LogP contribution in [0.3, 0.4) is 0 Å². The standard InChI is InChI=1S/C14H22O4/c1-5-6-9-17-13(16)12(15)10-7-8-11(18-10)14(2,3)4/h7-8,12,15H,5-6,9H2,1-4H3/t12-/m0/s1. The first kappa shape index (κ1) is 14.8. The van der Waals surface area contributed by atoms with Gasteiger partial charge in [0.2, 0.25) is 6.10 Å². The van der Waals surface area contributed by atoms with E-state index in [9.17, 15) is 9.90 Å². The molecule has 0 aromatic carbocycles. The third-order valence-corrected chi connectivity index (χ3v) is 2.60. The number of furan rings is 1. The molecule has 0 bridgehead atoms. The Bertz CT molecular complexity index is 387. The van der Waals surface area contributed by atoms with Crippen LogP contribution in [0.5, 0.6) is 0 Å². The normalized spacial score (nSPS) is 13.4. The van der Waals surface area contributed by atoms with Crippen molar-refractivity contribution in [1.82, 2.24) is 0 Å². The molecule has 102 valence electrons. The van der Waals surface area contributed by atoms with Crippen LogP contribution < -0.4 is 0 Å². The second-order valence-corrected chi connectivity index (χ2v) is 5.38. The number of hydrogen-bond donors (Lipinski definition) is 1. The van der Waals surface area contributed by atoms with Crippen LogP contribution in [0.15, 0.2) is 16.5 Å². The summed E-state index contributed by atoms with van der Waals surface area (Å²) in [4.78, 5) is 11.5. The number of carbonyl (C=O) groups excluding carboxylic acids is 1. The molecule has 1 rings (SSSR count). The van der Waals surface area contributed by atoms with Crippen molar-refractivity contribution in [1.29, 1.82) is 0 Å². The summed E-state index contributed by atoms with van der Waals surface area (Å²) in [5.74, 6) is 0.317. The fourth-order valence-corrected chi connectivity index (χ4v) is 1.42. The van der Waals surface area contributed by atoms with E-state index in [0.29, 0.717) is 6.61 Å². The summed E-state index contributed by atoms with van der Waals surface area (Å²) < 4.78 is 10.4. The number of rotatable bonds is 5. The molecule has 0 unspecified atom stereocenters. The predicted molar refractivity (Wildman–Crippen MR) is 68.2 cm³/mol. The quantitative estimate of drug-likeness (QED) is 0.648. The number of aliphatic hydroxyl groups excluding tert-OH is 1. The van der Waals surface area contributed by atoms with Gasteiger partial charge in [-0.2, -0.15) is 0 Å². The highest BCUT2D eigenvalue weighted by molar-refractivity contribution is 5.75. The average Bonchev–Trinajstić information content (AvgIpc) is 2.77. The van der Waals surface area contributed by atoms with E-state index in [1.807, 2.05) is 27.7 Å². The lowest BCUT2D eigenvalue weighted by atomic mass is 9.94. The Morgan fingerprint density at radius 2 is 2.11 bits per heavy atom. The first-order valence-corrected chi connectivity index (χ1v) is 6.31. The summed E-state index contributed by atoms with van der Waals surface area (Å²) in [5, 5.41) is 9.80. The fourth-order valence-electron chi connectivity index (χ4n) is 1.42. The highest BCUT2D eigenvalue weighted by Crippen LogP contribution is 2.27. The second-order valence-electron chi connectivity index (χ2n) is 5.38. The van der Waals surface area contributed by atoms with Gasteiger partial charge in [-0.05, 0) is 18.6 Å². The Kier molecular flexibility index (Phi) is 4.96. The number of esters is 1. The Balaban J connectivity index is 2.64. The maximum absolute atomic E-state index is 11.5. The third kappa shape index (κ3) is 3.88. The average molecular weight is 254 g/mol. The summed E-state index contributed by atoms with van der Waals surface area (Å²) >= 11 is 0. The highest BCUT2D eigenvalue weighted by Gasteiger charge is 2.25. The molecule has 4 heteroatoms.